The molecule has 5 nitrogen and oxygen atoms in total. The average molecular weight is 427 g/mol. The third-order valence-electron chi connectivity index (χ3n) is 6.34. The molecule has 0 aromatic heterocycles. The van der Waals surface area contributed by atoms with Gasteiger partial charge in [0.1, 0.15) is 0 Å². The first kappa shape index (κ1) is 21.1. The van der Waals surface area contributed by atoms with Crippen molar-refractivity contribution in [1.29, 1.82) is 0 Å². The molecule has 0 bridgehead atoms. The number of amides is 1. The summed E-state index contributed by atoms with van der Waals surface area (Å²) in [6, 6.07) is 16.0. The van der Waals surface area contributed by atoms with Gasteiger partial charge >= 0.3 is 0 Å². The quantitative estimate of drug-likeness (QED) is 0.792. The second kappa shape index (κ2) is 8.90. The molecule has 6 heteroatoms. The molecule has 1 aliphatic heterocycles. The SMILES string of the molecule is Cc1cccc(CS(=O)(=O)N2CCC(C(=O)N[C@@H]3CCCc4ccccc43)CC2)c1. The standard InChI is InChI=1S/C24H30N2O3S/c1-18-6-4-7-19(16-18)17-30(28,29)26-14-12-21(13-15-26)24(27)25-23-11-5-9-20-8-2-3-10-22(20)23/h2-4,6-8,10,16,21,23H,5,9,11-15,17H2,1H3,(H,25,27)/t23-/m1/s1. The van der Waals surface area contributed by atoms with Crippen LogP contribution in [0.5, 0.6) is 0 Å². The van der Waals surface area contributed by atoms with Gasteiger partial charge in [0.15, 0.2) is 0 Å². The lowest BCUT2D eigenvalue weighted by Gasteiger charge is -2.32. The van der Waals surface area contributed by atoms with E-state index < -0.39 is 10.0 Å². The number of nitrogens with zero attached hydrogens (tertiary/aromatic N) is 1. The van der Waals surface area contributed by atoms with Crippen LogP contribution in [0.1, 0.15) is 54.0 Å². The Morgan fingerprint density at radius 2 is 1.83 bits per heavy atom. The fraction of sp³-hybridized carbons (Fsp3) is 0.458. The smallest absolute Gasteiger partial charge is 0.223 e. The number of carbonyl (C=O) groups is 1. The van der Waals surface area contributed by atoms with E-state index in [1.165, 1.54) is 11.1 Å². The number of hydrogen-bond donors (Lipinski definition) is 1. The van der Waals surface area contributed by atoms with Gasteiger partial charge in [0.2, 0.25) is 15.9 Å². The highest BCUT2D eigenvalue weighted by Crippen LogP contribution is 2.30. The number of rotatable bonds is 5. The minimum Gasteiger partial charge on any atom is -0.349 e. The van der Waals surface area contributed by atoms with Crippen LogP contribution in [-0.2, 0) is 27.0 Å². The van der Waals surface area contributed by atoms with E-state index in [1.807, 2.05) is 37.3 Å². The van der Waals surface area contributed by atoms with Crippen LogP contribution >= 0.6 is 0 Å². The zero-order chi connectivity index (χ0) is 21.1. The molecule has 1 N–H and O–H groups in total. The van der Waals surface area contributed by atoms with Crippen LogP contribution in [0.2, 0.25) is 0 Å². The number of sulfonamides is 1. The molecule has 1 heterocycles. The summed E-state index contributed by atoms with van der Waals surface area (Å²) >= 11 is 0. The second-order valence-electron chi connectivity index (χ2n) is 8.57. The van der Waals surface area contributed by atoms with E-state index in [-0.39, 0.29) is 23.6 Å². The first-order valence-corrected chi connectivity index (χ1v) is 12.4. The number of fused-ring (bicyclic) bond motifs is 1. The van der Waals surface area contributed by atoms with Crippen molar-refractivity contribution in [2.75, 3.05) is 13.1 Å². The van der Waals surface area contributed by atoms with Crippen LogP contribution in [-0.4, -0.2) is 31.7 Å². The van der Waals surface area contributed by atoms with Crippen LogP contribution in [0.3, 0.4) is 0 Å². The normalized spacial score (nSPS) is 20.5. The van der Waals surface area contributed by atoms with Gasteiger partial charge in [-0.1, -0.05) is 54.1 Å². The molecule has 1 amide bonds. The molecule has 1 saturated heterocycles. The number of hydrogen-bond acceptors (Lipinski definition) is 3. The summed E-state index contributed by atoms with van der Waals surface area (Å²) in [7, 11) is -3.37. The zero-order valence-electron chi connectivity index (χ0n) is 17.5. The lowest BCUT2D eigenvalue weighted by molar-refractivity contribution is -0.127. The Bertz CT molecular complexity index is 1010. The third kappa shape index (κ3) is 4.76. The number of carbonyl (C=O) groups excluding carboxylic acids is 1. The molecular formula is C24H30N2O3S. The number of nitrogens with one attached hydrogen (secondary N) is 1. The van der Waals surface area contributed by atoms with Crippen molar-refractivity contribution < 1.29 is 13.2 Å². The molecule has 2 aromatic carbocycles. The first-order chi connectivity index (χ1) is 14.4. The molecule has 30 heavy (non-hydrogen) atoms. The monoisotopic (exact) mass is 426 g/mol. The van der Waals surface area contributed by atoms with Gasteiger partial charge < -0.3 is 5.32 Å². The molecule has 0 saturated carbocycles. The Morgan fingerprint density at radius 1 is 1.07 bits per heavy atom. The van der Waals surface area contributed by atoms with Crippen molar-refractivity contribution in [2.45, 2.75) is 50.8 Å². The molecule has 0 unspecified atom stereocenters. The summed E-state index contributed by atoms with van der Waals surface area (Å²) < 4.78 is 27.2. The van der Waals surface area contributed by atoms with Crippen LogP contribution in [0.15, 0.2) is 48.5 Å². The van der Waals surface area contributed by atoms with E-state index in [4.69, 9.17) is 0 Å². The maximum absolute atomic E-state index is 12.9. The van der Waals surface area contributed by atoms with Crippen molar-refractivity contribution in [2.24, 2.45) is 5.92 Å². The first-order valence-electron chi connectivity index (χ1n) is 10.8. The highest BCUT2D eigenvalue weighted by Gasteiger charge is 2.32. The number of benzene rings is 2. The summed E-state index contributed by atoms with van der Waals surface area (Å²) in [5.41, 5.74) is 4.43. The summed E-state index contributed by atoms with van der Waals surface area (Å²) in [4.78, 5) is 12.9. The van der Waals surface area contributed by atoms with Gasteiger partial charge in [-0.15, -0.1) is 0 Å². The van der Waals surface area contributed by atoms with E-state index >= 15 is 0 Å². The second-order valence-corrected chi connectivity index (χ2v) is 10.5. The molecule has 1 fully saturated rings. The van der Waals surface area contributed by atoms with Crippen molar-refractivity contribution in [3.8, 4) is 0 Å². The molecule has 0 radical (unpaired) electrons. The maximum Gasteiger partial charge on any atom is 0.223 e. The van der Waals surface area contributed by atoms with Crippen LogP contribution in [0.25, 0.3) is 0 Å². The number of piperidine rings is 1. The van der Waals surface area contributed by atoms with Gasteiger partial charge in [0.25, 0.3) is 0 Å². The predicted molar refractivity (Wildman–Crippen MR) is 118 cm³/mol. The molecule has 0 spiro atoms. The fourth-order valence-electron chi connectivity index (χ4n) is 4.69. The Morgan fingerprint density at radius 3 is 2.60 bits per heavy atom. The zero-order valence-corrected chi connectivity index (χ0v) is 18.3. The Labute approximate surface area is 179 Å². The Balaban J connectivity index is 1.34. The van der Waals surface area contributed by atoms with Crippen molar-refractivity contribution >= 4 is 15.9 Å². The lowest BCUT2D eigenvalue weighted by atomic mass is 9.87. The highest BCUT2D eigenvalue weighted by molar-refractivity contribution is 7.88. The largest absolute Gasteiger partial charge is 0.349 e. The van der Waals surface area contributed by atoms with Gasteiger partial charge in [0.05, 0.1) is 11.8 Å². The summed E-state index contributed by atoms with van der Waals surface area (Å²) in [5, 5.41) is 3.24. The minimum atomic E-state index is -3.37. The van der Waals surface area contributed by atoms with E-state index in [1.54, 1.807) is 4.31 Å². The van der Waals surface area contributed by atoms with Gasteiger partial charge in [0, 0.05) is 19.0 Å². The summed E-state index contributed by atoms with van der Waals surface area (Å²) in [5.74, 6) is -0.0401. The third-order valence-corrected chi connectivity index (χ3v) is 8.19. The fourth-order valence-corrected chi connectivity index (χ4v) is 6.24. The van der Waals surface area contributed by atoms with Gasteiger partial charge in [-0.2, -0.15) is 0 Å². The number of aryl methyl sites for hydroxylation is 2. The summed E-state index contributed by atoms with van der Waals surface area (Å²) in [6.45, 7) is 2.78. The van der Waals surface area contributed by atoms with Crippen LogP contribution < -0.4 is 5.32 Å². The molecular weight excluding hydrogens is 396 g/mol. The topological polar surface area (TPSA) is 66.5 Å². The Kier molecular flexibility index (Phi) is 6.25. The Hall–Kier alpha value is -2.18. The maximum atomic E-state index is 12.9. The minimum absolute atomic E-state index is 0.0183. The van der Waals surface area contributed by atoms with E-state index in [0.717, 1.165) is 30.4 Å². The predicted octanol–water partition coefficient (Wildman–Crippen LogP) is 3.73. The highest BCUT2D eigenvalue weighted by atomic mass is 32.2. The van der Waals surface area contributed by atoms with Crippen molar-refractivity contribution in [3.05, 3.63) is 70.8 Å². The molecule has 2 aromatic rings. The molecule has 1 atom stereocenters. The lowest BCUT2D eigenvalue weighted by Crippen LogP contribution is -2.44. The van der Waals surface area contributed by atoms with Crippen LogP contribution in [0.4, 0.5) is 0 Å². The molecule has 2 aliphatic rings. The van der Waals surface area contributed by atoms with Gasteiger partial charge in [-0.05, 0) is 55.7 Å². The van der Waals surface area contributed by atoms with Crippen LogP contribution in [0, 0.1) is 12.8 Å². The van der Waals surface area contributed by atoms with E-state index in [0.29, 0.717) is 25.9 Å². The van der Waals surface area contributed by atoms with Gasteiger partial charge in [-0.3, -0.25) is 4.79 Å². The average Bonchev–Trinajstić information content (AvgIpc) is 2.74. The molecule has 1 aliphatic carbocycles. The van der Waals surface area contributed by atoms with E-state index in [9.17, 15) is 13.2 Å². The van der Waals surface area contributed by atoms with Crippen molar-refractivity contribution in [1.82, 2.24) is 9.62 Å². The van der Waals surface area contributed by atoms with Gasteiger partial charge in [-0.25, -0.2) is 12.7 Å². The van der Waals surface area contributed by atoms with E-state index in [2.05, 4.69) is 23.5 Å². The summed E-state index contributed by atoms with van der Waals surface area (Å²) in [6.07, 6.45) is 4.27. The molecule has 160 valence electrons. The van der Waals surface area contributed by atoms with Crippen molar-refractivity contribution in [3.63, 3.8) is 0 Å². The molecule has 4 rings (SSSR count).